The zero-order valence-electron chi connectivity index (χ0n) is 15.2. The van der Waals surface area contributed by atoms with E-state index in [1.165, 1.54) is 6.33 Å². The van der Waals surface area contributed by atoms with Gasteiger partial charge in [-0.2, -0.15) is 23.4 Å². The molecular weight excluding hydrogens is 393 g/mol. The number of halogens is 3. The summed E-state index contributed by atoms with van der Waals surface area (Å²) in [5, 5.41) is 15.8. The molecule has 13 heteroatoms. The zero-order valence-corrected chi connectivity index (χ0v) is 15.2. The van der Waals surface area contributed by atoms with Crippen LogP contribution in [0, 0.1) is 0 Å². The van der Waals surface area contributed by atoms with Gasteiger partial charge in [0.15, 0.2) is 22.9 Å². The van der Waals surface area contributed by atoms with Crippen molar-refractivity contribution in [2.75, 3.05) is 5.73 Å². The fraction of sp³-hybridized carbons (Fsp3) is 0.250. The van der Waals surface area contributed by atoms with E-state index in [4.69, 9.17) is 15.6 Å². The normalized spacial score (nSPS) is 11.7. The Morgan fingerprint density at radius 2 is 1.93 bits per heavy atom. The Morgan fingerprint density at radius 3 is 2.55 bits per heavy atom. The number of rotatable bonds is 2. The second kappa shape index (κ2) is 7.33. The highest BCUT2D eigenvalue weighted by Crippen LogP contribution is 2.22. The van der Waals surface area contributed by atoms with Crippen LogP contribution in [-0.2, 0) is 4.79 Å². The molecule has 0 spiro atoms. The average molecular weight is 408 g/mol. The number of alkyl halides is 3. The lowest BCUT2D eigenvalue weighted by Gasteiger charge is -2.01. The molecule has 0 atom stereocenters. The lowest BCUT2D eigenvalue weighted by molar-refractivity contribution is -0.192. The van der Waals surface area contributed by atoms with E-state index in [9.17, 15) is 13.2 Å². The first-order valence-electron chi connectivity index (χ1n) is 8.19. The zero-order chi connectivity index (χ0) is 21.3. The highest BCUT2D eigenvalue weighted by atomic mass is 19.4. The topological polar surface area (TPSA) is 137 Å². The maximum Gasteiger partial charge on any atom is 0.490 e. The van der Waals surface area contributed by atoms with E-state index < -0.39 is 12.1 Å². The molecule has 0 fully saturated rings. The number of imidazole rings is 1. The van der Waals surface area contributed by atoms with Gasteiger partial charge in [-0.1, -0.05) is 13.8 Å². The van der Waals surface area contributed by atoms with Crippen molar-refractivity contribution in [3.63, 3.8) is 0 Å². The van der Waals surface area contributed by atoms with Crippen LogP contribution < -0.4 is 5.73 Å². The number of carbonyl (C=O) groups is 1. The molecule has 0 amide bonds. The number of hydrogen-bond acceptors (Lipinski definition) is 7. The summed E-state index contributed by atoms with van der Waals surface area (Å²) in [6.45, 7) is 4.14. The molecule has 0 aliphatic rings. The maximum atomic E-state index is 10.6. The van der Waals surface area contributed by atoms with E-state index in [0.717, 1.165) is 22.7 Å². The molecule has 4 rings (SSSR count). The molecular formula is C16H15F3N8O2. The summed E-state index contributed by atoms with van der Waals surface area (Å²) in [5.41, 5.74) is 8.92. The van der Waals surface area contributed by atoms with Crippen molar-refractivity contribution in [1.82, 2.24) is 34.2 Å². The van der Waals surface area contributed by atoms with Crippen LogP contribution in [0.25, 0.3) is 22.6 Å². The van der Waals surface area contributed by atoms with Crippen LogP contribution in [0.4, 0.5) is 19.0 Å². The van der Waals surface area contributed by atoms with Gasteiger partial charge in [0.25, 0.3) is 0 Å². The molecule has 152 valence electrons. The Hall–Kier alpha value is -3.77. The number of aromatic nitrogens is 7. The van der Waals surface area contributed by atoms with Gasteiger partial charge in [0.05, 0.1) is 11.9 Å². The molecule has 4 aromatic rings. The van der Waals surface area contributed by atoms with Crippen molar-refractivity contribution >= 4 is 23.1 Å². The third-order valence-electron chi connectivity index (χ3n) is 3.73. The molecule has 4 heterocycles. The van der Waals surface area contributed by atoms with Crippen LogP contribution >= 0.6 is 0 Å². The van der Waals surface area contributed by atoms with Crippen molar-refractivity contribution in [3.05, 3.63) is 36.7 Å². The second-order valence-corrected chi connectivity index (χ2v) is 6.17. The second-order valence-electron chi connectivity index (χ2n) is 6.17. The Kier molecular flexibility index (Phi) is 5.05. The molecule has 0 aliphatic carbocycles. The summed E-state index contributed by atoms with van der Waals surface area (Å²) in [6.07, 6.45) is -0.0316. The van der Waals surface area contributed by atoms with Gasteiger partial charge in [0.1, 0.15) is 6.33 Å². The largest absolute Gasteiger partial charge is 0.490 e. The molecule has 0 saturated heterocycles. The molecule has 10 nitrogen and oxygen atoms in total. The van der Waals surface area contributed by atoms with E-state index >= 15 is 0 Å². The van der Waals surface area contributed by atoms with Gasteiger partial charge in [0, 0.05) is 17.7 Å². The molecule has 0 aromatic carbocycles. The van der Waals surface area contributed by atoms with E-state index in [-0.39, 0.29) is 5.92 Å². The maximum absolute atomic E-state index is 10.6. The van der Waals surface area contributed by atoms with Crippen LogP contribution in [-0.4, -0.2) is 51.4 Å². The Morgan fingerprint density at radius 1 is 1.24 bits per heavy atom. The molecule has 0 bridgehead atoms. The number of anilines is 1. The van der Waals surface area contributed by atoms with E-state index in [2.05, 4.69) is 39.0 Å². The molecule has 29 heavy (non-hydrogen) atoms. The first-order valence-corrected chi connectivity index (χ1v) is 8.19. The number of hydrogen-bond donors (Lipinski definition) is 2. The first kappa shape index (κ1) is 20.0. The van der Waals surface area contributed by atoms with Crippen molar-refractivity contribution in [2.24, 2.45) is 0 Å². The highest BCUT2D eigenvalue weighted by Gasteiger charge is 2.38. The summed E-state index contributed by atoms with van der Waals surface area (Å²) in [5.74, 6) is -1.30. The lowest BCUT2D eigenvalue weighted by atomic mass is 10.2. The number of carboxylic acid groups (broad SMARTS) is 1. The minimum absolute atomic E-state index is 0.284. The molecule has 0 saturated carbocycles. The number of fused-ring (bicyclic) bond motifs is 2. The van der Waals surface area contributed by atoms with Gasteiger partial charge in [-0.25, -0.2) is 28.8 Å². The number of carboxylic acids is 1. The standard InChI is InChI=1S/C14H14N8.C2HF3O2/c1-8(2)13-19-11-4-3-9(6-21(11)20-13)10-5-16-14-12(15)17-7-18-22(10)14;3-2(4,5)1(6)7/h3-8H,1-2H3,(H2,15,17,18);(H,6,7). The van der Waals surface area contributed by atoms with Crippen LogP contribution in [0.15, 0.2) is 30.9 Å². The van der Waals surface area contributed by atoms with Crippen molar-refractivity contribution in [2.45, 2.75) is 25.9 Å². The van der Waals surface area contributed by atoms with Gasteiger partial charge >= 0.3 is 12.1 Å². The third kappa shape index (κ3) is 4.07. The van der Waals surface area contributed by atoms with Gasteiger partial charge < -0.3 is 10.8 Å². The predicted octanol–water partition coefficient (Wildman–Crippen LogP) is 2.17. The average Bonchev–Trinajstić information content (AvgIpc) is 3.25. The summed E-state index contributed by atoms with van der Waals surface area (Å²) in [7, 11) is 0. The van der Waals surface area contributed by atoms with Gasteiger partial charge in [-0.15, -0.1) is 0 Å². The quantitative estimate of drug-likeness (QED) is 0.515. The summed E-state index contributed by atoms with van der Waals surface area (Å²) in [6, 6.07) is 3.90. The molecule has 0 aliphatic heterocycles. The minimum Gasteiger partial charge on any atom is -0.475 e. The predicted molar refractivity (Wildman–Crippen MR) is 95.0 cm³/mol. The fourth-order valence-corrected chi connectivity index (χ4v) is 2.33. The van der Waals surface area contributed by atoms with Gasteiger partial charge in [0.2, 0.25) is 0 Å². The monoisotopic (exact) mass is 408 g/mol. The number of nitrogens with two attached hydrogens (primary N) is 1. The van der Waals surface area contributed by atoms with Gasteiger partial charge in [-0.3, -0.25) is 0 Å². The molecule has 3 N–H and O–H groups in total. The van der Waals surface area contributed by atoms with Gasteiger partial charge in [-0.05, 0) is 12.1 Å². The Labute approximate surface area is 160 Å². The van der Waals surface area contributed by atoms with Crippen LogP contribution in [0.2, 0.25) is 0 Å². The smallest absolute Gasteiger partial charge is 0.475 e. The van der Waals surface area contributed by atoms with Crippen LogP contribution in [0.3, 0.4) is 0 Å². The minimum atomic E-state index is -5.08. The molecule has 0 radical (unpaired) electrons. The van der Waals surface area contributed by atoms with Crippen molar-refractivity contribution in [3.8, 4) is 11.3 Å². The Bertz CT molecular complexity index is 1180. The highest BCUT2D eigenvalue weighted by molar-refractivity contribution is 5.73. The molecule has 4 aromatic heterocycles. The van der Waals surface area contributed by atoms with Crippen LogP contribution in [0.5, 0.6) is 0 Å². The Balaban J connectivity index is 0.000000298. The van der Waals surface area contributed by atoms with E-state index in [1.807, 2.05) is 18.3 Å². The number of pyridine rings is 1. The SMILES string of the molecule is CC(C)c1nc2ccc(-c3cnc4c(N)ncnn34)cn2n1.O=C(O)C(F)(F)F. The molecule has 0 unspecified atom stereocenters. The summed E-state index contributed by atoms with van der Waals surface area (Å²) in [4.78, 5) is 21.6. The summed E-state index contributed by atoms with van der Waals surface area (Å²) < 4.78 is 35.2. The van der Waals surface area contributed by atoms with E-state index in [0.29, 0.717) is 11.5 Å². The third-order valence-corrected chi connectivity index (χ3v) is 3.73. The fourth-order valence-electron chi connectivity index (χ4n) is 2.33. The number of nitrogens with zero attached hydrogens (tertiary/aromatic N) is 7. The number of aliphatic carboxylic acids is 1. The van der Waals surface area contributed by atoms with Crippen molar-refractivity contribution < 1.29 is 23.1 Å². The van der Waals surface area contributed by atoms with Crippen molar-refractivity contribution in [1.29, 1.82) is 0 Å². The van der Waals surface area contributed by atoms with Crippen LogP contribution in [0.1, 0.15) is 25.6 Å². The lowest BCUT2D eigenvalue weighted by Crippen LogP contribution is -2.21. The first-order chi connectivity index (χ1) is 13.6. The van der Waals surface area contributed by atoms with E-state index in [1.54, 1.807) is 15.2 Å². The summed E-state index contributed by atoms with van der Waals surface area (Å²) >= 11 is 0. The number of nitrogen functional groups attached to an aromatic ring is 1.